The smallest absolute Gasteiger partial charge is 0.130 e. The highest BCUT2D eigenvalue weighted by Crippen LogP contribution is 2.53. The molecule has 0 bridgehead atoms. The Bertz CT molecular complexity index is 2270. The third kappa shape index (κ3) is 2.90. The Morgan fingerprint density at radius 1 is 0.805 bits per heavy atom. The summed E-state index contributed by atoms with van der Waals surface area (Å²) in [6.07, 6.45) is 3.19. The van der Waals surface area contributed by atoms with E-state index in [9.17, 15) is 0 Å². The van der Waals surface area contributed by atoms with Gasteiger partial charge in [-0.25, -0.2) is 4.98 Å². The average molecular weight is 543 g/mol. The van der Waals surface area contributed by atoms with Crippen LogP contribution < -0.4 is 4.74 Å². The van der Waals surface area contributed by atoms with Crippen LogP contribution in [0.5, 0.6) is 5.75 Å². The van der Waals surface area contributed by atoms with E-state index in [1.165, 1.54) is 65.8 Å². The molecule has 4 heteroatoms. The van der Waals surface area contributed by atoms with Crippen molar-refractivity contribution in [2.24, 2.45) is 0 Å². The van der Waals surface area contributed by atoms with E-state index < -0.39 is 0 Å². The van der Waals surface area contributed by atoms with Gasteiger partial charge in [-0.05, 0) is 41.1 Å². The number of ether oxygens (including phenoxy) is 1. The fourth-order valence-corrected chi connectivity index (χ4v) is 8.29. The van der Waals surface area contributed by atoms with Crippen molar-refractivity contribution in [2.75, 3.05) is 0 Å². The van der Waals surface area contributed by atoms with E-state index in [0.717, 1.165) is 28.6 Å². The summed E-state index contributed by atoms with van der Waals surface area (Å²) in [5.74, 6) is 2.29. The highest BCUT2D eigenvalue weighted by molar-refractivity contribution is 7.19. The molecule has 0 saturated carbocycles. The topological polar surface area (TPSA) is 27.1 Å². The molecular weight excluding hydrogens is 520 g/mol. The first-order valence-electron chi connectivity index (χ1n) is 14.1. The number of hydrogen-bond donors (Lipinski definition) is 0. The summed E-state index contributed by atoms with van der Waals surface area (Å²) in [6.45, 7) is 0. The van der Waals surface area contributed by atoms with Crippen LogP contribution in [-0.4, -0.2) is 9.55 Å². The van der Waals surface area contributed by atoms with Crippen molar-refractivity contribution >= 4 is 39.1 Å². The van der Waals surface area contributed by atoms with Crippen molar-refractivity contribution in [3.05, 3.63) is 132 Å². The fraction of sp³-hybridized carbons (Fsp3) is 0.0541. The lowest BCUT2D eigenvalue weighted by Gasteiger charge is -2.20. The largest absolute Gasteiger partial charge is 0.461 e. The van der Waals surface area contributed by atoms with Crippen LogP contribution in [0.15, 0.2) is 115 Å². The molecule has 192 valence electrons. The Hall–Kier alpha value is -4.93. The van der Waals surface area contributed by atoms with Gasteiger partial charge in [-0.3, -0.25) is 0 Å². The van der Waals surface area contributed by atoms with E-state index in [1.807, 2.05) is 0 Å². The first-order chi connectivity index (χ1) is 20.3. The van der Waals surface area contributed by atoms with E-state index in [2.05, 4.69) is 120 Å². The quantitative estimate of drug-likeness (QED) is 0.217. The van der Waals surface area contributed by atoms with Gasteiger partial charge >= 0.3 is 0 Å². The summed E-state index contributed by atoms with van der Waals surface area (Å²) in [6, 6.07) is 39.2. The van der Waals surface area contributed by atoms with Gasteiger partial charge in [0.2, 0.25) is 0 Å². The molecule has 3 nitrogen and oxygen atoms in total. The summed E-state index contributed by atoms with van der Waals surface area (Å²) in [5.41, 5.74) is 11.1. The summed E-state index contributed by atoms with van der Waals surface area (Å²) >= 11 is 1.80. The van der Waals surface area contributed by atoms with E-state index in [0.29, 0.717) is 0 Å². The van der Waals surface area contributed by atoms with Gasteiger partial charge < -0.3 is 9.30 Å². The zero-order valence-corrected chi connectivity index (χ0v) is 22.8. The van der Waals surface area contributed by atoms with Gasteiger partial charge in [-0.1, -0.05) is 84.9 Å². The number of fused-ring (bicyclic) bond motifs is 9. The van der Waals surface area contributed by atoms with Gasteiger partial charge in [0.25, 0.3) is 0 Å². The van der Waals surface area contributed by atoms with E-state index in [1.54, 1.807) is 11.3 Å². The number of para-hydroxylation sites is 2. The lowest BCUT2D eigenvalue weighted by molar-refractivity contribution is 0.428. The molecule has 1 aliphatic heterocycles. The van der Waals surface area contributed by atoms with Crippen LogP contribution in [0.25, 0.3) is 65.7 Å². The molecule has 0 N–H and O–H groups in total. The third-order valence-corrected chi connectivity index (χ3v) is 10.1. The molecule has 0 radical (unpaired) electrons. The van der Waals surface area contributed by atoms with Crippen LogP contribution in [-0.2, 0) is 6.42 Å². The van der Waals surface area contributed by atoms with Crippen molar-refractivity contribution < 1.29 is 4.74 Å². The molecule has 7 aromatic rings. The minimum absolute atomic E-state index is 0.238. The minimum Gasteiger partial charge on any atom is -0.461 e. The Morgan fingerprint density at radius 3 is 2.61 bits per heavy atom. The first-order valence-corrected chi connectivity index (χ1v) is 14.9. The molecule has 3 heterocycles. The molecular formula is C37H22N2OS. The molecule has 0 saturated heterocycles. The zero-order chi connectivity index (χ0) is 26.7. The SMILES string of the molecule is C1=C2Oc3ccccc3C2Cc2c1c1ccccc1n2-c1cc2c3c(cccc3c1)-c1sc(-c3ccccc3)nc1-2. The lowest BCUT2D eigenvalue weighted by Crippen LogP contribution is -2.12. The molecule has 2 aromatic heterocycles. The monoisotopic (exact) mass is 542 g/mol. The molecule has 5 aromatic carbocycles. The number of rotatable bonds is 2. The van der Waals surface area contributed by atoms with Gasteiger partial charge in [0.05, 0.1) is 22.0 Å². The number of nitrogens with zero attached hydrogens (tertiary/aromatic N) is 2. The van der Waals surface area contributed by atoms with Gasteiger partial charge in [0.15, 0.2) is 0 Å². The molecule has 1 unspecified atom stereocenters. The van der Waals surface area contributed by atoms with E-state index in [4.69, 9.17) is 9.72 Å². The second-order valence-electron chi connectivity index (χ2n) is 11.1. The Labute approximate surface area is 240 Å². The maximum atomic E-state index is 6.36. The number of hydrogen-bond acceptors (Lipinski definition) is 3. The van der Waals surface area contributed by atoms with Crippen molar-refractivity contribution in [3.8, 4) is 43.7 Å². The van der Waals surface area contributed by atoms with Crippen molar-refractivity contribution in [3.63, 3.8) is 0 Å². The zero-order valence-electron chi connectivity index (χ0n) is 22.0. The summed E-state index contributed by atoms with van der Waals surface area (Å²) < 4.78 is 8.85. The molecule has 0 fully saturated rings. The first kappa shape index (κ1) is 21.8. The van der Waals surface area contributed by atoms with Crippen molar-refractivity contribution in [2.45, 2.75) is 12.3 Å². The van der Waals surface area contributed by atoms with Crippen LogP contribution in [0.4, 0.5) is 0 Å². The van der Waals surface area contributed by atoms with Crippen molar-refractivity contribution in [1.82, 2.24) is 9.55 Å². The molecule has 1 atom stereocenters. The standard InChI is InChI=1S/C37H22N2OS/c1-2-9-21(10-3-1)37-38-35-29-18-23(17-22-11-8-14-26(34(22)29)36(35)41-37)39-30-15-6-4-12-24(30)27-20-33-28(19-31(27)39)25-13-5-7-16-32(25)40-33/h1-18,20,28H,19H2. The number of aromatic nitrogens is 2. The van der Waals surface area contributed by atoms with Crippen LogP contribution in [0.3, 0.4) is 0 Å². The molecule has 3 aliphatic rings. The Morgan fingerprint density at radius 2 is 1.66 bits per heavy atom. The fourth-order valence-electron chi connectivity index (χ4n) is 7.17. The second-order valence-corrected chi connectivity index (χ2v) is 12.1. The average Bonchev–Trinajstić information content (AvgIpc) is 3.77. The third-order valence-electron chi connectivity index (χ3n) is 8.93. The molecule has 2 aliphatic carbocycles. The number of benzene rings is 5. The van der Waals surface area contributed by atoms with Crippen LogP contribution in [0.1, 0.15) is 22.7 Å². The van der Waals surface area contributed by atoms with E-state index in [-0.39, 0.29) is 5.92 Å². The Kier molecular flexibility index (Phi) is 4.17. The molecule has 0 spiro atoms. The van der Waals surface area contributed by atoms with Crippen LogP contribution in [0, 0.1) is 0 Å². The molecule has 41 heavy (non-hydrogen) atoms. The molecule has 10 rings (SSSR count). The van der Waals surface area contributed by atoms with Crippen LogP contribution in [0.2, 0.25) is 0 Å². The van der Waals surface area contributed by atoms with Crippen LogP contribution >= 0.6 is 11.3 Å². The maximum Gasteiger partial charge on any atom is 0.130 e. The summed E-state index contributed by atoms with van der Waals surface area (Å²) in [5, 5.41) is 4.91. The predicted octanol–water partition coefficient (Wildman–Crippen LogP) is 9.63. The Balaban J connectivity index is 1.21. The van der Waals surface area contributed by atoms with Gasteiger partial charge in [-0.2, -0.15) is 0 Å². The van der Waals surface area contributed by atoms with Gasteiger partial charge in [0, 0.05) is 51.0 Å². The maximum absolute atomic E-state index is 6.36. The predicted molar refractivity (Wildman–Crippen MR) is 168 cm³/mol. The number of thiazole rings is 1. The summed E-state index contributed by atoms with van der Waals surface area (Å²) in [4.78, 5) is 6.50. The highest BCUT2D eigenvalue weighted by atomic mass is 32.1. The molecule has 0 amide bonds. The number of allylic oxidation sites excluding steroid dienone is 1. The highest BCUT2D eigenvalue weighted by Gasteiger charge is 2.36. The van der Waals surface area contributed by atoms with Gasteiger partial charge in [0.1, 0.15) is 16.5 Å². The van der Waals surface area contributed by atoms with E-state index >= 15 is 0 Å². The van der Waals surface area contributed by atoms with Crippen molar-refractivity contribution in [1.29, 1.82) is 0 Å². The second kappa shape index (κ2) is 7.84. The van der Waals surface area contributed by atoms with Gasteiger partial charge in [-0.15, -0.1) is 11.3 Å². The minimum atomic E-state index is 0.238. The normalized spacial score (nSPS) is 15.8. The lowest BCUT2D eigenvalue weighted by atomic mass is 9.87. The summed E-state index contributed by atoms with van der Waals surface area (Å²) in [7, 11) is 0.